The summed E-state index contributed by atoms with van der Waals surface area (Å²) in [6.07, 6.45) is -2.35. The normalized spacial score (nSPS) is 27.1. The van der Waals surface area contributed by atoms with E-state index >= 15 is 0 Å². The van der Waals surface area contributed by atoms with Gasteiger partial charge in [-0.1, -0.05) is 36.4 Å². The van der Waals surface area contributed by atoms with E-state index in [1.54, 1.807) is 0 Å². The van der Waals surface area contributed by atoms with Crippen molar-refractivity contribution < 1.29 is 33.0 Å². The number of aliphatic hydroxyl groups excluding tert-OH is 1. The van der Waals surface area contributed by atoms with Crippen molar-refractivity contribution in [2.75, 3.05) is 19.6 Å². The highest BCUT2D eigenvalue weighted by Crippen LogP contribution is 2.40. The molecule has 2 aromatic rings. The van der Waals surface area contributed by atoms with Gasteiger partial charge in [0.25, 0.3) is 5.91 Å². The Balaban J connectivity index is 1.25. The van der Waals surface area contributed by atoms with Crippen LogP contribution >= 0.6 is 0 Å². The second-order valence-electron chi connectivity index (χ2n) is 9.91. The number of nitrogens with zero attached hydrogens (tertiary/aromatic N) is 1. The van der Waals surface area contributed by atoms with Crippen LogP contribution < -0.4 is 5.32 Å². The number of Topliss-reactive ketones (excluding diaryl/α,β-unsaturated/α-hetero) is 1. The van der Waals surface area contributed by atoms with E-state index in [0.717, 1.165) is 36.6 Å². The van der Waals surface area contributed by atoms with Crippen LogP contribution in [0.3, 0.4) is 0 Å². The van der Waals surface area contributed by atoms with Crippen molar-refractivity contribution in [2.24, 2.45) is 5.92 Å². The number of halogens is 3. The summed E-state index contributed by atoms with van der Waals surface area (Å²) in [5.74, 6) is -1.32. The second-order valence-corrected chi connectivity index (χ2v) is 9.91. The van der Waals surface area contributed by atoms with Crippen LogP contribution in [0.1, 0.15) is 53.6 Å². The highest BCUT2D eigenvalue weighted by Gasteiger charge is 2.41. The molecule has 1 saturated heterocycles. The number of hydrogen-bond donors (Lipinski definition) is 3. The monoisotopic (exact) mass is 504 g/mol. The number of nitrogens with one attached hydrogen (secondary N) is 1. The number of β-amino-alcohol motifs (C(OH)–C–C–N with tert-alkyl or cyclic N) is 1. The van der Waals surface area contributed by atoms with Crippen LogP contribution in [0, 0.1) is 5.92 Å². The van der Waals surface area contributed by atoms with Crippen LogP contribution in [0.5, 0.6) is 0 Å². The molecule has 1 amide bonds. The summed E-state index contributed by atoms with van der Waals surface area (Å²) in [6, 6.07) is 13.9. The number of aliphatic hydroxyl groups is 2. The van der Waals surface area contributed by atoms with Gasteiger partial charge in [0.2, 0.25) is 0 Å². The maximum Gasteiger partial charge on any atom is 0.416 e. The molecule has 194 valence electrons. The molecule has 9 heteroatoms. The fourth-order valence-electron chi connectivity index (χ4n) is 5.35. The third-order valence-corrected chi connectivity index (χ3v) is 7.43. The summed E-state index contributed by atoms with van der Waals surface area (Å²) in [5.41, 5.74) is -1.03. The van der Waals surface area contributed by atoms with Gasteiger partial charge in [0.05, 0.1) is 23.8 Å². The first-order valence-corrected chi connectivity index (χ1v) is 12.2. The zero-order valence-electron chi connectivity index (χ0n) is 19.9. The molecule has 2 atom stereocenters. The van der Waals surface area contributed by atoms with Gasteiger partial charge in [-0.2, -0.15) is 13.2 Å². The van der Waals surface area contributed by atoms with Gasteiger partial charge in [-0.3, -0.25) is 14.5 Å². The number of ketones is 1. The van der Waals surface area contributed by atoms with E-state index in [1.165, 1.54) is 6.07 Å². The molecule has 1 saturated carbocycles. The number of benzene rings is 2. The summed E-state index contributed by atoms with van der Waals surface area (Å²) < 4.78 is 38.6. The van der Waals surface area contributed by atoms with Crippen LogP contribution in [-0.4, -0.2) is 58.6 Å². The van der Waals surface area contributed by atoms with Crippen molar-refractivity contribution in [3.8, 4) is 0 Å². The van der Waals surface area contributed by atoms with E-state index in [1.807, 2.05) is 30.3 Å². The quantitative estimate of drug-likeness (QED) is 0.537. The third kappa shape index (κ3) is 6.14. The smallest absolute Gasteiger partial charge is 0.391 e. The SMILES string of the molecule is O=C(CNC(=O)c1cccc(C(F)(F)F)c1)C[C@H]1CN(C2CCC(O)(c3ccccc3)CC2)C[C@@H]1O. The molecule has 1 aliphatic heterocycles. The van der Waals surface area contributed by atoms with Crippen LogP contribution in [0.4, 0.5) is 13.2 Å². The average Bonchev–Trinajstić information content (AvgIpc) is 3.22. The predicted molar refractivity (Wildman–Crippen MR) is 127 cm³/mol. The van der Waals surface area contributed by atoms with E-state index in [2.05, 4.69) is 10.2 Å². The molecule has 3 N–H and O–H groups in total. The van der Waals surface area contributed by atoms with Crippen LogP contribution in [-0.2, 0) is 16.6 Å². The summed E-state index contributed by atoms with van der Waals surface area (Å²) in [5, 5.41) is 24.0. The molecule has 0 bridgehead atoms. The Morgan fingerprint density at radius 2 is 1.72 bits per heavy atom. The molecular weight excluding hydrogens is 473 g/mol. The number of carbonyl (C=O) groups is 2. The predicted octanol–water partition coefficient (Wildman–Crippen LogP) is 3.52. The summed E-state index contributed by atoms with van der Waals surface area (Å²) in [4.78, 5) is 26.9. The Morgan fingerprint density at radius 3 is 2.39 bits per heavy atom. The Kier molecular flexibility index (Phi) is 7.82. The average molecular weight is 505 g/mol. The lowest BCUT2D eigenvalue weighted by Gasteiger charge is -2.40. The molecule has 2 fully saturated rings. The molecule has 0 spiro atoms. The lowest BCUT2D eigenvalue weighted by molar-refractivity contribution is -0.137. The lowest BCUT2D eigenvalue weighted by atomic mass is 9.77. The summed E-state index contributed by atoms with van der Waals surface area (Å²) in [6.45, 7) is 0.678. The Labute approximate surface area is 208 Å². The first kappa shape index (κ1) is 26.3. The molecule has 4 rings (SSSR count). The Bertz CT molecular complexity index is 1070. The first-order valence-electron chi connectivity index (χ1n) is 12.2. The van der Waals surface area contributed by atoms with Crippen LogP contribution in [0.25, 0.3) is 0 Å². The number of rotatable bonds is 7. The maximum absolute atomic E-state index is 12.9. The van der Waals surface area contributed by atoms with Crippen molar-refractivity contribution in [1.29, 1.82) is 0 Å². The topological polar surface area (TPSA) is 89.9 Å². The van der Waals surface area contributed by atoms with E-state index in [-0.39, 0.29) is 36.3 Å². The van der Waals surface area contributed by atoms with Crippen molar-refractivity contribution >= 4 is 11.7 Å². The fourth-order valence-corrected chi connectivity index (χ4v) is 5.35. The molecule has 0 radical (unpaired) electrons. The largest absolute Gasteiger partial charge is 0.416 e. The summed E-state index contributed by atoms with van der Waals surface area (Å²) in [7, 11) is 0. The molecule has 0 aromatic heterocycles. The Morgan fingerprint density at radius 1 is 1.03 bits per heavy atom. The van der Waals surface area contributed by atoms with E-state index in [0.29, 0.717) is 25.9 Å². The van der Waals surface area contributed by atoms with Gasteiger partial charge in [-0.25, -0.2) is 0 Å². The molecule has 1 aliphatic carbocycles. The maximum atomic E-state index is 12.9. The van der Waals surface area contributed by atoms with Crippen molar-refractivity contribution in [1.82, 2.24) is 10.2 Å². The van der Waals surface area contributed by atoms with Gasteiger partial charge in [-0.05, 0) is 49.4 Å². The minimum atomic E-state index is -4.56. The van der Waals surface area contributed by atoms with Crippen LogP contribution in [0.15, 0.2) is 54.6 Å². The number of alkyl halides is 3. The van der Waals surface area contributed by atoms with E-state index in [9.17, 15) is 33.0 Å². The van der Waals surface area contributed by atoms with Crippen LogP contribution in [0.2, 0.25) is 0 Å². The van der Waals surface area contributed by atoms with Gasteiger partial charge < -0.3 is 15.5 Å². The van der Waals surface area contributed by atoms with Gasteiger partial charge in [-0.15, -0.1) is 0 Å². The Hall–Kier alpha value is -2.75. The third-order valence-electron chi connectivity index (χ3n) is 7.43. The minimum absolute atomic E-state index is 0.0706. The molecule has 6 nitrogen and oxygen atoms in total. The number of carbonyl (C=O) groups excluding carboxylic acids is 2. The zero-order chi connectivity index (χ0) is 25.9. The molecule has 2 aromatic carbocycles. The van der Waals surface area contributed by atoms with E-state index < -0.39 is 29.4 Å². The number of amides is 1. The van der Waals surface area contributed by atoms with Gasteiger partial charge >= 0.3 is 6.18 Å². The second kappa shape index (κ2) is 10.7. The molecular formula is C27H31F3N2O4. The highest BCUT2D eigenvalue weighted by molar-refractivity contribution is 5.96. The van der Waals surface area contributed by atoms with Gasteiger partial charge in [0.15, 0.2) is 5.78 Å². The molecule has 0 unspecified atom stereocenters. The van der Waals surface area contributed by atoms with Crippen molar-refractivity contribution in [2.45, 2.75) is 56.0 Å². The summed E-state index contributed by atoms with van der Waals surface area (Å²) >= 11 is 0. The first-order chi connectivity index (χ1) is 17.0. The lowest BCUT2D eigenvalue weighted by Crippen LogP contribution is -2.42. The minimum Gasteiger partial charge on any atom is -0.391 e. The molecule has 36 heavy (non-hydrogen) atoms. The molecule has 2 aliphatic rings. The van der Waals surface area contributed by atoms with Crippen molar-refractivity contribution in [3.05, 3.63) is 71.3 Å². The fraction of sp³-hybridized carbons (Fsp3) is 0.481. The number of hydrogen-bond acceptors (Lipinski definition) is 5. The van der Waals surface area contributed by atoms with Gasteiger partial charge in [0, 0.05) is 37.0 Å². The standard InChI is InChI=1S/C27H31F3N2O4/c28-27(29,30)21-8-4-5-18(13-21)25(35)31-15-23(33)14-19-16-32(17-24(19)34)22-9-11-26(36,12-10-22)20-6-2-1-3-7-20/h1-8,13,19,22,24,34,36H,9-12,14-17H2,(H,31,35)/t19-,22?,24-,26?/m0/s1. The number of likely N-dealkylation sites (tertiary alicyclic amines) is 1. The zero-order valence-corrected chi connectivity index (χ0v) is 19.9. The highest BCUT2D eigenvalue weighted by atomic mass is 19.4. The van der Waals surface area contributed by atoms with E-state index in [4.69, 9.17) is 0 Å². The molecule has 1 heterocycles. The van der Waals surface area contributed by atoms with Crippen molar-refractivity contribution in [3.63, 3.8) is 0 Å². The van der Waals surface area contributed by atoms with Gasteiger partial charge in [0.1, 0.15) is 0 Å².